The van der Waals surface area contributed by atoms with Gasteiger partial charge in [0.25, 0.3) is 5.91 Å². The lowest BCUT2D eigenvalue weighted by Crippen LogP contribution is -2.31. The van der Waals surface area contributed by atoms with E-state index in [1.165, 1.54) is 0 Å². The molecule has 4 rings (SSSR count). The standard InChI is InChI=1S/C26H30N4O3S/c1-6-34(32,33)19-9-7-8-18(13-19)21-14-20(26(31)27-10-11-30(4)5)17(3)24-23(21)22-12-16(2)15-28-25(22)29-24/h7-9,12-15H,6,10-11H2,1-5H3,(H,27,31)(H,28,29). The van der Waals surface area contributed by atoms with Gasteiger partial charge in [0.1, 0.15) is 5.65 Å². The van der Waals surface area contributed by atoms with Crippen molar-refractivity contribution in [2.75, 3.05) is 32.9 Å². The molecular weight excluding hydrogens is 448 g/mol. The largest absolute Gasteiger partial charge is 0.351 e. The molecule has 2 heterocycles. The number of fused-ring (bicyclic) bond motifs is 3. The van der Waals surface area contributed by atoms with E-state index in [0.29, 0.717) is 12.1 Å². The number of likely N-dealkylation sites (N-methyl/N-ethyl adjacent to an activating group) is 1. The van der Waals surface area contributed by atoms with Gasteiger partial charge in [-0.2, -0.15) is 0 Å². The molecule has 0 bridgehead atoms. The maximum absolute atomic E-state index is 13.2. The van der Waals surface area contributed by atoms with Crippen LogP contribution in [0.2, 0.25) is 0 Å². The van der Waals surface area contributed by atoms with Gasteiger partial charge in [-0.3, -0.25) is 4.79 Å². The molecule has 0 saturated heterocycles. The minimum atomic E-state index is -3.38. The van der Waals surface area contributed by atoms with E-state index >= 15 is 0 Å². The lowest BCUT2D eigenvalue weighted by atomic mass is 9.93. The molecule has 178 valence electrons. The molecule has 0 saturated carbocycles. The Labute approximate surface area is 200 Å². The number of H-pyrrole nitrogens is 1. The normalized spacial score (nSPS) is 12.1. The SMILES string of the molecule is CCS(=O)(=O)c1cccc(-c2cc(C(=O)NCCN(C)C)c(C)c3[nH]c4ncc(C)cc4c23)c1. The molecule has 0 fully saturated rings. The number of nitrogens with one attached hydrogen (secondary N) is 2. The van der Waals surface area contributed by atoms with Crippen molar-refractivity contribution in [2.45, 2.75) is 25.7 Å². The van der Waals surface area contributed by atoms with Crippen molar-refractivity contribution >= 4 is 37.7 Å². The monoisotopic (exact) mass is 478 g/mol. The number of amides is 1. The van der Waals surface area contributed by atoms with Crippen molar-refractivity contribution < 1.29 is 13.2 Å². The molecule has 0 aliphatic heterocycles. The van der Waals surface area contributed by atoms with Crippen LogP contribution in [0.5, 0.6) is 0 Å². The zero-order chi connectivity index (χ0) is 24.6. The Bertz CT molecular complexity index is 1500. The van der Waals surface area contributed by atoms with Gasteiger partial charge in [0.15, 0.2) is 9.84 Å². The molecule has 7 nitrogen and oxygen atoms in total. The molecule has 0 radical (unpaired) electrons. The van der Waals surface area contributed by atoms with Gasteiger partial charge in [-0.25, -0.2) is 13.4 Å². The summed E-state index contributed by atoms with van der Waals surface area (Å²) in [5, 5.41) is 4.87. The smallest absolute Gasteiger partial charge is 0.251 e. The van der Waals surface area contributed by atoms with E-state index in [-0.39, 0.29) is 16.6 Å². The summed E-state index contributed by atoms with van der Waals surface area (Å²) in [7, 11) is 0.537. The molecule has 0 aliphatic rings. The third-order valence-corrected chi connectivity index (χ3v) is 7.83. The van der Waals surface area contributed by atoms with E-state index in [4.69, 9.17) is 0 Å². The molecule has 1 amide bonds. The summed E-state index contributed by atoms with van der Waals surface area (Å²) in [6.07, 6.45) is 1.80. The van der Waals surface area contributed by atoms with Crippen molar-refractivity contribution in [1.29, 1.82) is 0 Å². The number of aryl methyl sites for hydroxylation is 2. The highest BCUT2D eigenvalue weighted by Crippen LogP contribution is 2.38. The summed E-state index contributed by atoms with van der Waals surface area (Å²) in [5.41, 5.74) is 5.49. The van der Waals surface area contributed by atoms with Gasteiger partial charge in [-0.1, -0.05) is 19.1 Å². The third-order valence-electron chi connectivity index (χ3n) is 6.10. The zero-order valence-corrected chi connectivity index (χ0v) is 21.0. The highest BCUT2D eigenvalue weighted by Gasteiger charge is 2.21. The van der Waals surface area contributed by atoms with Crippen LogP contribution >= 0.6 is 0 Å². The summed E-state index contributed by atoms with van der Waals surface area (Å²) in [6, 6.07) is 10.9. The topological polar surface area (TPSA) is 95.2 Å². The second-order valence-corrected chi connectivity index (χ2v) is 11.1. The molecule has 0 spiro atoms. The van der Waals surface area contributed by atoms with Gasteiger partial charge in [-0.15, -0.1) is 0 Å². The predicted molar refractivity (Wildman–Crippen MR) is 137 cm³/mol. The number of carbonyl (C=O) groups excluding carboxylic acids is 1. The van der Waals surface area contributed by atoms with Crippen molar-refractivity contribution in [3.8, 4) is 11.1 Å². The van der Waals surface area contributed by atoms with Crippen molar-refractivity contribution in [3.63, 3.8) is 0 Å². The van der Waals surface area contributed by atoms with Crippen LogP contribution in [0.1, 0.15) is 28.4 Å². The van der Waals surface area contributed by atoms with Gasteiger partial charge in [-0.05, 0) is 74.5 Å². The molecule has 2 aromatic carbocycles. The Hall–Kier alpha value is -3.23. The molecule has 2 N–H and O–H groups in total. The van der Waals surface area contributed by atoms with E-state index < -0.39 is 9.84 Å². The molecule has 0 unspecified atom stereocenters. The van der Waals surface area contributed by atoms with Gasteiger partial charge in [0.05, 0.1) is 16.2 Å². The number of nitrogens with zero attached hydrogens (tertiary/aromatic N) is 2. The number of hydrogen-bond acceptors (Lipinski definition) is 5. The van der Waals surface area contributed by atoms with Crippen molar-refractivity contribution in [2.24, 2.45) is 0 Å². The van der Waals surface area contributed by atoms with Crippen LogP contribution in [-0.2, 0) is 9.84 Å². The number of benzene rings is 2. The Morgan fingerprint density at radius 1 is 1.15 bits per heavy atom. The summed E-state index contributed by atoms with van der Waals surface area (Å²) >= 11 is 0. The second-order valence-electron chi connectivity index (χ2n) is 8.87. The highest BCUT2D eigenvalue weighted by molar-refractivity contribution is 7.91. The number of sulfone groups is 1. The van der Waals surface area contributed by atoms with Gasteiger partial charge in [0.2, 0.25) is 0 Å². The lowest BCUT2D eigenvalue weighted by Gasteiger charge is -2.15. The second kappa shape index (κ2) is 9.19. The summed E-state index contributed by atoms with van der Waals surface area (Å²) < 4.78 is 25.1. The summed E-state index contributed by atoms with van der Waals surface area (Å²) in [6.45, 7) is 6.80. The van der Waals surface area contributed by atoms with Crippen molar-refractivity contribution in [3.05, 3.63) is 59.3 Å². The van der Waals surface area contributed by atoms with Gasteiger partial charge >= 0.3 is 0 Å². The Kier molecular flexibility index (Phi) is 6.47. The number of aromatic amines is 1. The van der Waals surface area contributed by atoms with Crippen LogP contribution in [0.4, 0.5) is 0 Å². The molecule has 0 atom stereocenters. The lowest BCUT2D eigenvalue weighted by molar-refractivity contribution is 0.0950. The fraction of sp³-hybridized carbons (Fsp3) is 0.308. The minimum absolute atomic E-state index is 0.0233. The highest BCUT2D eigenvalue weighted by atomic mass is 32.2. The summed E-state index contributed by atoms with van der Waals surface area (Å²) in [4.78, 5) is 23.4. The number of aromatic nitrogens is 2. The fourth-order valence-corrected chi connectivity index (χ4v) is 5.10. The Balaban J connectivity index is 1.98. The Morgan fingerprint density at radius 3 is 2.62 bits per heavy atom. The first-order valence-corrected chi connectivity index (χ1v) is 13.0. The molecule has 0 aliphatic carbocycles. The number of hydrogen-bond donors (Lipinski definition) is 2. The van der Waals surface area contributed by atoms with Crippen LogP contribution < -0.4 is 5.32 Å². The average molecular weight is 479 g/mol. The van der Waals surface area contributed by atoms with Crippen LogP contribution in [0.25, 0.3) is 33.1 Å². The number of carbonyl (C=O) groups is 1. The van der Waals surface area contributed by atoms with Gasteiger partial charge < -0.3 is 15.2 Å². The number of pyridine rings is 1. The van der Waals surface area contributed by atoms with Crippen LogP contribution in [0.15, 0.2) is 47.5 Å². The van der Waals surface area contributed by atoms with E-state index in [0.717, 1.165) is 50.7 Å². The molecule has 4 aromatic rings. The first kappa shape index (κ1) is 23.9. The van der Waals surface area contributed by atoms with E-state index in [1.807, 2.05) is 45.0 Å². The van der Waals surface area contributed by atoms with E-state index in [2.05, 4.69) is 21.4 Å². The quantitative estimate of drug-likeness (QED) is 0.417. The van der Waals surface area contributed by atoms with Crippen LogP contribution in [0, 0.1) is 13.8 Å². The first-order valence-electron chi connectivity index (χ1n) is 11.3. The summed E-state index contributed by atoms with van der Waals surface area (Å²) in [5.74, 6) is -0.141. The molecule has 34 heavy (non-hydrogen) atoms. The minimum Gasteiger partial charge on any atom is -0.351 e. The average Bonchev–Trinajstić information content (AvgIpc) is 3.18. The van der Waals surface area contributed by atoms with E-state index in [9.17, 15) is 13.2 Å². The molecular formula is C26H30N4O3S. The fourth-order valence-electron chi connectivity index (χ4n) is 4.17. The van der Waals surface area contributed by atoms with E-state index in [1.54, 1.807) is 31.3 Å². The Morgan fingerprint density at radius 2 is 1.91 bits per heavy atom. The van der Waals surface area contributed by atoms with Crippen LogP contribution in [-0.4, -0.2) is 62.1 Å². The van der Waals surface area contributed by atoms with Crippen LogP contribution in [0.3, 0.4) is 0 Å². The van der Waals surface area contributed by atoms with Crippen molar-refractivity contribution in [1.82, 2.24) is 20.2 Å². The first-order chi connectivity index (χ1) is 16.1. The maximum Gasteiger partial charge on any atom is 0.251 e. The maximum atomic E-state index is 13.2. The predicted octanol–water partition coefficient (Wildman–Crippen LogP) is 4.08. The third kappa shape index (κ3) is 4.43. The van der Waals surface area contributed by atoms with Gasteiger partial charge in [0, 0.05) is 35.6 Å². The molecule has 2 aromatic heterocycles. The molecule has 8 heteroatoms. The number of rotatable bonds is 7. The zero-order valence-electron chi connectivity index (χ0n) is 20.2.